The number of aromatic nitrogens is 2. The maximum atomic E-state index is 13.4. The number of ether oxygens (including phenoxy) is 2. The van der Waals surface area contributed by atoms with Crippen molar-refractivity contribution in [2.75, 3.05) is 13.7 Å². The van der Waals surface area contributed by atoms with E-state index in [1.165, 1.54) is 30.5 Å². The highest BCUT2D eigenvalue weighted by Crippen LogP contribution is 2.39. The molecule has 0 spiro atoms. The molecule has 0 aliphatic heterocycles. The molecule has 1 fully saturated rings. The van der Waals surface area contributed by atoms with E-state index < -0.39 is 4.92 Å². The van der Waals surface area contributed by atoms with Gasteiger partial charge in [0.05, 0.1) is 35.8 Å². The molecule has 1 saturated carbocycles. The van der Waals surface area contributed by atoms with Crippen molar-refractivity contribution in [1.82, 2.24) is 9.66 Å². The Morgan fingerprint density at radius 1 is 1.19 bits per heavy atom. The second-order valence-corrected chi connectivity index (χ2v) is 10.4. The number of benzene rings is 2. The number of fused-ring (bicyclic) bond motifs is 1. The van der Waals surface area contributed by atoms with Gasteiger partial charge in [-0.25, -0.2) is 4.98 Å². The summed E-state index contributed by atoms with van der Waals surface area (Å²) < 4.78 is 12.6. The van der Waals surface area contributed by atoms with E-state index in [2.05, 4.69) is 5.10 Å². The predicted octanol–water partition coefficient (Wildman–Crippen LogP) is 5.67. The number of nitrogens with zero attached hydrogens (tertiary/aromatic N) is 4. The van der Waals surface area contributed by atoms with Crippen LogP contribution in [-0.4, -0.2) is 34.5 Å². The number of hydrogen-bond acceptors (Lipinski definition) is 7. The summed E-state index contributed by atoms with van der Waals surface area (Å²) in [6.07, 6.45) is 6.66. The quantitative estimate of drug-likeness (QED) is 0.239. The largest absolute Gasteiger partial charge is 0.493 e. The van der Waals surface area contributed by atoms with Gasteiger partial charge < -0.3 is 9.47 Å². The molecule has 0 atom stereocenters. The van der Waals surface area contributed by atoms with Crippen molar-refractivity contribution >= 4 is 22.8 Å². The normalized spacial score (nSPS) is 14.9. The van der Waals surface area contributed by atoms with Crippen molar-refractivity contribution in [2.45, 2.75) is 58.8 Å². The molecule has 190 valence electrons. The number of nitro benzene ring substituents is 1. The van der Waals surface area contributed by atoms with Gasteiger partial charge in [0, 0.05) is 17.5 Å². The average molecular weight is 493 g/mol. The molecule has 1 aliphatic rings. The molecule has 9 heteroatoms. The Hall–Kier alpha value is -3.75. The lowest BCUT2D eigenvalue weighted by Crippen LogP contribution is -2.25. The van der Waals surface area contributed by atoms with E-state index in [4.69, 9.17) is 14.5 Å². The van der Waals surface area contributed by atoms with E-state index in [9.17, 15) is 14.9 Å². The zero-order valence-electron chi connectivity index (χ0n) is 21.2. The topological polar surface area (TPSA) is 109 Å². The van der Waals surface area contributed by atoms with Crippen LogP contribution in [0.4, 0.5) is 5.69 Å². The minimum absolute atomic E-state index is 0.0713. The van der Waals surface area contributed by atoms with Crippen molar-refractivity contribution in [2.24, 2.45) is 10.5 Å². The first-order valence-electron chi connectivity index (χ1n) is 12.2. The van der Waals surface area contributed by atoms with Crippen LogP contribution in [0.15, 0.2) is 46.3 Å². The molecule has 0 radical (unpaired) electrons. The van der Waals surface area contributed by atoms with Gasteiger partial charge in [-0.1, -0.05) is 52.2 Å². The van der Waals surface area contributed by atoms with E-state index in [0.717, 1.165) is 25.7 Å². The summed E-state index contributed by atoms with van der Waals surface area (Å²) in [5, 5.41) is 16.8. The summed E-state index contributed by atoms with van der Waals surface area (Å²) in [5.74, 6) is 1.06. The highest BCUT2D eigenvalue weighted by atomic mass is 16.6. The maximum Gasteiger partial charge on any atom is 0.315 e. The van der Waals surface area contributed by atoms with Crippen molar-refractivity contribution in [3.05, 3.63) is 68.3 Å². The number of methoxy groups -OCH3 is 1. The van der Waals surface area contributed by atoms with Gasteiger partial charge in [0.15, 0.2) is 5.75 Å². The van der Waals surface area contributed by atoms with Crippen molar-refractivity contribution < 1.29 is 14.4 Å². The van der Waals surface area contributed by atoms with Gasteiger partial charge in [0.25, 0.3) is 5.56 Å². The number of rotatable bonds is 7. The molecular formula is C27H32N4O5. The van der Waals surface area contributed by atoms with Crippen LogP contribution in [0.1, 0.15) is 70.2 Å². The minimum Gasteiger partial charge on any atom is -0.493 e. The molecule has 1 heterocycles. The van der Waals surface area contributed by atoms with E-state index >= 15 is 0 Å². The molecule has 0 unspecified atom stereocenters. The monoisotopic (exact) mass is 492 g/mol. The van der Waals surface area contributed by atoms with Gasteiger partial charge >= 0.3 is 5.69 Å². The van der Waals surface area contributed by atoms with Crippen LogP contribution in [0.3, 0.4) is 0 Å². The lowest BCUT2D eigenvalue weighted by atomic mass is 9.88. The SMILES string of the molecule is COc1cc(C=Nn2c(C3CCCCC3)nc3ccccc3c2=O)cc([N+](=O)[O-])c1OCC(C)(C)C. The molecule has 36 heavy (non-hydrogen) atoms. The van der Waals surface area contributed by atoms with Gasteiger partial charge in [-0.3, -0.25) is 14.9 Å². The smallest absolute Gasteiger partial charge is 0.315 e. The van der Waals surface area contributed by atoms with E-state index in [-0.39, 0.29) is 40.7 Å². The standard InChI is InChI=1S/C27H32N4O5/c1-27(2,3)17-36-24-22(31(33)34)14-18(15-23(24)35-4)16-28-30-25(19-10-6-5-7-11-19)29-21-13-9-8-12-20(21)26(30)32/h8-9,12-16,19H,5-7,10-11,17H2,1-4H3. The maximum absolute atomic E-state index is 13.4. The second-order valence-electron chi connectivity index (χ2n) is 10.4. The van der Waals surface area contributed by atoms with Crippen LogP contribution in [0.5, 0.6) is 11.5 Å². The van der Waals surface area contributed by atoms with Crippen molar-refractivity contribution in [3.8, 4) is 11.5 Å². The van der Waals surface area contributed by atoms with Crippen LogP contribution in [0.2, 0.25) is 0 Å². The van der Waals surface area contributed by atoms with Crippen LogP contribution in [0.25, 0.3) is 10.9 Å². The zero-order valence-corrected chi connectivity index (χ0v) is 21.2. The molecule has 0 saturated heterocycles. The molecule has 3 aromatic rings. The summed E-state index contributed by atoms with van der Waals surface area (Å²) in [4.78, 5) is 29.6. The molecule has 2 aromatic carbocycles. The number of hydrogen-bond donors (Lipinski definition) is 0. The fourth-order valence-corrected chi connectivity index (χ4v) is 4.41. The Morgan fingerprint density at radius 3 is 2.58 bits per heavy atom. The third kappa shape index (κ3) is 5.56. The first-order chi connectivity index (χ1) is 17.2. The van der Waals surface area contributed by atoms with Crippen LogP contribution < -0.4 is 15.0 Å². The van der Waals surface area contributed by atoms with Gasteiger partial charge in [0.1, 0.15) is 5.82 Å². The fourth-order valence-electron chi connectivity index (χ4n) is 4.41. The predicted molar refractivity (Wildman–Crippen MR) is 139 cm³/mol. The Labute approximate surface area is 209 Å². The Balaban J connectivity index is 1.79. The third-order valence-electron chi connectivity index (χ3n) is 6.20. The fraction of sp³-hybridized carbons (Fsp3) is 0.444. The zero-order chi connectivity index (χ0) is 25.9. The molecule has 1 aliphatic carbocycles. The molecule has 4 rings (SSSR count). The van der Waals surface area contributed by atoms with E-state index in [1.54, 1.807) is 18.2 Å². The lowest BCUT2D eigenvalue weighted by molar-refractivity contribution is -0.386. The van der Waals surface area contributed by atoms with Crippen molar-refractivity contribution in [1.29, 1.82) is 0 Å². The Kier molecular flexibility index (Phi) is 7.37. The summed E-state index contributed by atoms with van der Waals surface area (Å²) in [5.41, 5.74) is 0.378. The summed E-state index contributed by atoms with van der Waals surface area (Å²) in [6, 6.07) is 10.2. The van der Waals surface area contributed by atoms with Crippen LogP contribution in [-0.2, 0) is 0 Å². The Bertz CT molecular complexity index is 1350. The van der Waals surface area contributed by atoms with Gasteiger partial charge in [-0.15, -0.1) is 0 Å². The molecule has 0 amide bonds. The highest BCUT2D eigenvalue weighted by molar-refractivity contribution is 5.83. The molecule has 0 N–H and O–H groups in total. The van der Waals surface area contributed by atoms with Gasteiger partial charge in [-0.2, -0.15) is 9.78 Å². The Morgan fingerprint density at radius 2 is 1.92 bits per heavy atom. The van der Waals surface area contributed by atoms with Gasteiger partial charge in [0.2, 0.25) is 5.75 Å². The van der Waals surface area contributed by atoms with E-state index in [1.807, 2.05) is 32.9 Å². The van der Waals surface area contributed by atoms with E-state index in [0.29, 0.717) is 22.3 Å². The lowest BCUT2D eigenvalue weighted by Gasteiger charge is -2.22. The molecule has 9 nitrogen and oxygen atoms in total. The van der Waals surface area contributed by atoms with Gasteiger partial charge in [-0.05, 0) is 36.5 Å². The summed E-state index contributed by atoms with van der Waals surface area (Å²) in [7, 11) is 1.43. The summed E-state index contributed by atoms with van der Waals surface area (Å²) >= 11 is 0. The third-order valence-corrected chi connectivity index (χ3v) is 6.20. The van der Waals surface area contributed by atoms with Crippen LogP contribution in [0, 0.1) is 15.5 Å². The number of nitro groups is 1. The van der Waals surface area contributed by atoms with Crippen molar-refractivity contribution in [3.63, 3.8) is 0 Å². The highest BCUT2D eigenvalue weighted by Gasteiger charge is 2.25. The summed E-state index contributed by atoms with van der Waals surface area (Å²) in [6.45, 7) is 6.21. The first kappa shape index (κ1) is 25.3. The molecular weight excluding hydrogens is 460 g/mol. The number of para-hydroxylation sites is 1. The molecule has 1 aromatic heterocycles. The second kappa shape index (κ2) is 10.5. The molecule has 0 bridgehead atoms. The van der Waals surface area contributed by atoms with Crippen LogP contribution >= 0.6 is 0 Å². The first-order valence-corrected chi connectivity index (χ1v) is 12.2. The average Bonchev–Trinajstić information content (AvgIpc) is 2.86. The minimum atomic E-state index is -0.505.